The number of hydrogen-bond donors (Lipinski definition) is 1. The number of ether oxygens (including phenoxy) is 2. The molecule has 0 bridgehead atoms. The Morgan fingerprint density at radius 2 is 1.81 bits per heavy atom. The molecule has 2 heterocycles. The van der Waals surface area contributed by atoms with E-state index in [0.717, 1.165) is 68.8 Å². The third-order valence-corrected chi connectivity index (χ3v) is 4.51. The summed E-state index contributed by atoms with van der Waals surface area (Å²) < 4.78 is 10.6. The molecule has 1 aromatic carbocycles. The van der Waals surface area contributed by atoms with Gasteiger partial charge in [0.1, 0.15) is 23.7 Å². The van der Waals surface area contributed by atoms with Crippen LogP contribution in [-0.2, 0) is 4.74 Å². The smallest absolute Gasteiger partial charge is 0.142 e. The van der Waals surface area contributed by atoms with Gasteiger partial charge in [-0.25, -0.2) is 9.97 Å². The van der Waals surface area contributed by atoms with Crippen LogP contribution in [0.15, 0.2) is 36.7 Å². The van der Waals surface area contributed by atoms with Gasteiger partial charge in [-0.15, -0.1) is 0 Å². The van der Waals surface area contributed by atoms with Crippen LogP contribution < -0.4 is 19.9 Å². The van der Waals surface area contributed by atoms with E-state index in [-0.39, 0.29) is 0 Å². The fraction of sp³-hybridized carbons (Fsp3) is 0.474. The lowest BCUT2D eigenvalue weighted by atomic mass is 10.2. The Morgan fingerprint density at radius 3 is 2.58 bits per heavy atom. The predicted octanol–water partition coefficient (Wildman–Crippen LogP) is 2.26. The van der Waals surface area contributed by atoms with Gasteiger partial charge in [-0.1, -0.05) is 12.1 Å². The SMILES string of the molecule is COCCCNc1cc(N2CCN(c3ccccc3OC)CC2)ncn1. The summed E-state index contributed by atoms with van der Waals surface area (Å²) in [4.78, 5) is 13.4. The second-order valence-electron chi connectivity index (χ2n) is 6.18. The van der Waals surface area contributed by atoms with Crippen molar-refractivity contribution in [1.29, 1.82) is 0 Å². The maximum atomic E-state index is 5.49. The Morgan fingerprint density at radius 1 is 1.04 bits per heavy atom. The third-order valence-electron chi connectivity index (χ3n) is 4.51. The molecule has 1 fully saturated rings. The molecule has 0 atom stereocenters. The number of para-hydroxylation sites is 2. The van der Waals surface area contributed by atoms with Crippen LogP contribution in [0.3, 0.4) is 0 Å². The number of rotatable bonds is 8. The number of nitrogens with one attached hydrogen (secondary N) is 1. The third kappa shape index (κ3) is 4.54. The van der Waals surface area contributed by atoms with Gasteiger partial charge in [-0.2, -0.15) is 0 Å². The fourth-order valence-corrected chi connectivity index (χ4v) is 3.12. The molecule has 1 aliphatic rings. The van der Waals surface area contributed by atoms with Crippen LogP contribution in [0, 0.1) is 0 Å². The number of anilines is 3. The Kier molecular flexibility index (Phi) is 6.49. The van der Waals surface area contributed by atoms with Crippen LogP contribution >= 0.6 is 0 Å². The zero-order chi connectivity index (χ0) is 18.2. The Bertz CT molecular complexity index is 689. The maximum absolute atomic E-state index is 5.49. The van der Waals surface area contributed by atoms with Gasteiger partial charge >= 0.3 is 0 Å². The quantitative estimate of drug-likeness (QED) is 0.727. The summed E-state index contributed by atoms with van der Waals surface area (Å²) >= 11 is 0. The van der Waals surface area contributed by atoms with Crippen LogP contribution in [0.25, 0.3) is 0 Å². The van der Waals surface area contributed by atoms with Crippen molar-refractivity contribution in [2.75, 3.05) is 68.7 Å². The molecule has 0 aliphatic carbocycles. The molecule has 0 unspecified atom stereocenters. The molecule has 7 nitrogen and oxygen atoms in total. The molecule has 0 radical (unpaired) electrons. The summed E-state index contributed by atoms with van der Waals surface area (Å²) in [6, 6.07) is 10.2. The molecule has 7 heteroatoms. The van der Waals surface area contributed by atoms with E-state index in [1.165, 1.54) is 0 Å². The molecule has 0 amide bonds. The molecule has 0 spiro atoms. The van der Waals surface area contributed by atoms with Gasteiger partial charge in [0.2, 0.25) is 0 Å². The van der Waals surface area contributed by atoms with E-state index in [1.54, 1.807) is 20.5 Å². The summed E-state index contributed by atoms with van der Waals surface area (Å²) in [5, 5.41) is 3.32. The molecule has 2 aromatic rings. The average molecular weight is 357 g/mol. The van der Waals surface area contributed by atoms with E-state index in [4.69, 9.17) is 9.47 Å². The van der Waals surface area contributed by atoms with Crippen molar-refractivity contribution in [3.8, 4) is 5.75 Å². The number of aromatic nitrogens is 2. The molecule has 1 aromatic heterocycles. The van der Waals surface area contributed by atoms with Crippen LogP contribution in [0.4, 0.5) is 17.3 Å². The summed E-state index contributed by atoms with van der Waals surface area (Å²) in [7, 11) is 3.44. The first-order valence-electron chi connectivity index (χ1n) is 8.99. The number of nitrogens with zero attached hydrogens (tertiary/aromatic N) is 4. The maximum Gasteiger partial charge on any atom is 0.142 e. The van der Waals surface area contributed by atoms with E-state index in [9.17, 15) is 0 Å². The Hall–Kier alpha value is -2.54. The van der Waals surface area contributed by atoms with Crippen LogP contribution in [0.2, 0.25) is 0 Å². The van der Waals surface area contributed by atoms with Crippen molar-refractivity contribution >= 4 is 17.3 Å². The zero-order valence-corrected chi connectivity index (χ0v) is 15.5. The van der Waals surface area contributed by atoms with Crippen LogP contribution in [0.1, 0.15) is 6.42 Å². The molecule has 1 aliphatic heterocycles. The molecule has 140 valence electrons. The monoisotopic (exact) mass is 357 g/mol. The van der Waals surface area contributed by atoms with E-state index in [1.807, 2.05) is 18.2 Å². The van der Waals surface area contributed by atoms with Crippen LogP contribution in [-0.4, -0.2) is 63.5 Å². The largest absolute Gasteiger partial charge is 0.495 e. The lowest BCUT2D eigenvalue weighted by Crippen LogP contribution is -2.47. The summed E-state index contributed by atoms with van der Waals surface area (Å²) in [6.45, 7) is 5.28. The summed E-state index contributed by atoms with van der Waals surface area (Å²) in [5.74, 6) is 2.75. The Balaban J connectivity index is 1.58. The first-order chi connectivity index (χ1) is 12.8. The normalized spacial score (nSPS) is 14.4. The van der Waals surface area contributed by atoms with Crippen molar-refractivity contribution in [3.05, 3.63) is 36.7 Å². The highest BCUT2D eigenvalue weighted by Gasteiger charge is 2.20. The van der Waals surface area contributed by atoms with E-state index >= 15 is 0 Å². The highest BCUT2D eigenvalue weighted by Crippen LogP contribution is 2.29. The molecular formula is C19H27N5O2. The Labute approximate surface area is 155 Å². The molecule has 3 rings (SSSR count). The van der Waals surface area contributed by atoms with E-state index < -0.39 is 0 Å². The zero-order valence-electron chi connectivity index (χ0n) is 15.5. The van der Waals surface area contributed by atoms with Gasteiger partial charge in [0.25, 0.3) is 0 Å². The van der Waals surface area contributed by atoms with Gasteiger partial charge in [0, 0.05) is 52.5 Å². The van der Waals surface area contributed by atoms with Crippen molar-refractivity contribution in [2.24, 2.45) is 0 Å². The van der Waals surface area contributed by atoms with Crippen molar-refractivity contribution in [1.82, 2.24) is 9.97 Å². The standard InChI is InChI=1S/C19H27N5O2/c1-25-13-5-8-20-18-14-19(22-15-21-18)24-11-9-23(10-12-24)16-6-3-4-7-17(16)26-2/h3-4,6-7,14-15H,5,8-13H2,1-2H3,(H,20,21,22). The second kappa shape index (κ2) is 9.24. The summed E-state index contributed by atoms with van der Waals surface area (Å²) in [6.07, 6.45) is 2.58. The molecule has 1 N–H and O–H groups in total. The fourth-order valence-electron chi connectivity index (χ4n) is 3.12. The lowest BCUT2D eigenvalue weighted by molar-refractivity contribution is 0.198. The van der Waals surface area contributed by atoms with Crippen molar-refractivity contribution in [3.63, 3.8) is 0 Å². The lowest BCUT2D eigenvalue weighted by Gasteiger charge is -2.37. The minimum absolute atomic E-state index is 0.746. The van der Waals surface area contributed by atoms with Gasteiger partial charge in [0.05, 0.1) is 12.8 Å². The van der Waals surface area contributed by atoms with Crippen molar-refractivity contribution < 1.29 is 9.47 Å². The molecular weight excluding hydrogens is 330 g/mol. The molecule has 26 heavy (non-hydrogen) atoms. The van der Waals surface area contributed by atoms with Crippen molar-refractivity contribution in [2.45, 2.75) is 6.42 Å². The topological polar surface area (TPSA) is 62.8 Å². The van der Waals surface area contributed by atoms with Gasteiger partial charge in [0.15, 0.2) is 0 Å². The van der Waals surface area contributed by atoms with E-state index in [2.05, 4.69) is 37.2 Å². The number of piperazine rings is 1. The minimum Gasteiger partial charge on any atom is -0.495 e. The summed E-state index contributed by atoms with van der Waals surface area (Å²) in [5.41, 5.74) is 1.15. The number of methoxy groups -OCH3 is 2. The minimum atomic E-state index is 0.746. The predicted molar refractivity (Wildman–Crippen MR) is 104 cm³/mol. The highest BCUT2D eigenvalue weighted by molar-refractivity contribution is 5.59. The molecule has 1 saturated heterocycles. The first kappa shape index (κ1) is 18.3. The van der Waals surface area contributed by atoms with Gasteiger partial charge in [-0.3, -0.25) is 0 Å². The number of hydrogen-bond acceptors (Lipinski definition) is 7. The highest BCUT2D eigenvalue weighted by atomic mass is 16.5. The van der Waals surface area contributed by atoms with Gasteiger partial charge < -0.3 is 24.6 Å². The number of benzene rings is 1. The van der Waals surface area contributed by atoms with Gasteiger partial charge in [-0.05, 0) is 18.6 Å². The van der Waals surface area contributed by atoms with E-state index in [0.29, 0.717) is 0 Å². The second-order valence-corrected chi connectivity index (χ2v) is 6.18. The molecule has 0 saturated carbocycles. The van der Waals surface area contributed by atoms with Crippen LogP contribution in [0.5, 0.6) is 5.75 Å². The average Bonchev–Trinajstić information content (AvgIpc) is 2.71. The first-order valence-corrected chi connectivity index (χ1v) is 8.99.